The second-order valence-corrected chi connectivity index (χ2v) is 4.40. The third kappa shape index (κ3) is 6.46. The van der Waals surface area contributed by atoms with E-state index in [1.807, 2.05) is 19.1 Å². The molecular weight excluding hydrogens is 272 g/mol. The lowest BCUT2D eigenvalue weighted by atomic mass is 10.2. The maximum atomic E-state index is 11.6. The lowest BCUT2D eigenvalue weighted by molar-refractivity contribution is -0.123. The minimum Gasteiger partial charge on any atom is -0.490 e. The minimum atomic E-state index is -0.170. The van der Waals surface area contributed by atoms with Crippen molar-refractivity contribution in [2.75, 3.05) is 33.5 Å². The number of hydrogen-bond acceptors (Lipinski definition) is 5. The molecule has 0 saturated carbocycles. The Bertz CT molecular complexity index is 438. The van der Waals surface area contributed by atoms with Gasteiger partial charge in [0, 0.05) is 26.8 Å². The molecule has 0 aliphatic rings. The van der Waals surface area contributed by atoms with Gasteiger partial charge in [-0.1, -0.05) is 6.07 Å². The first kappa shape index (κ1) is 17.3. The summed E-state index contributed by atoms with van der Waals surface area (Å²) in [6.45, 7) is 3.99. The van der Waals surface area contributed by atoms with Crippen molar-refractivity contribution in [3.8, 4) is 11.5 Å². The predicted octanol–water partition coefficient (Wildman–Crippen LogP) is 1.08. The van der Waals surface area contributed by atoms with E-state index in [-0.39, 0.29) is 12.5 Å². The summed E-state index contributed by atoms with van der Waals surface area (Å²) in [5.41, 5.74) is 6.55. The van der Waals surface area contributed by atoms with E-state index in [4.69, 9.17) is 19.9 Å². The number of ether oxygens (including phenoxy) is 3. The van der Waals surface area contributed by atoms with Crippen LogP contribution in [-0.4, -0.2) is 39.4 Å². The van der Waals surface area contributed by atoms with Gasteiger partial charge < -0.3 is 25.3 Å². The molecule has 0 unspecified atom stereocenters. The molecule has 0 saturated heterocycles. The number of rotatable bonds is 10. The van der Waals surface area contributed by atoms with Gasteiger partial charge in [0.1, 0.15) is 0 Å². The standard InChI is InChI=1S/C15H24N2O4/c1-3-20-14-9-12(10-16)5-6-13(14)21-11-15(18)17-7-4-8-19-2/h5-6,9H,3-4,7-8,10-11,16H2,1-2H3,(H,17,18). The highest BCUT2D eigenvalue weighted by Crippen LogP contribution is 2.28. The Kier molecular flexibility index (Phi) is 8.23. The van der Waals surface area contributed by atoms with Crippen LogP contribution in [-0.2, 0) is 16.1 Å². The molecule has 3 N–H and O–H groups in total. The fourth-order valence-corrected chi connectivity index (χ4v) is 1.71. The zero-order valence-electron chi connectivity index (χ0n) is 12.7. The van der Waals surface area contributed by atoms with E-state index in [1.165, 1.54) is 0 Å². The first-order valence-electron chi connectivity index (χ1n) is 7.05. The summed E-state index contributed by atoms with van der Waals surface area (Å²) in [5.74, 6) is 0.977. The molecule has 0 heterocycles. The van der Waals surface area contributed by atoms with Gasteiger partial charge >= 0.3 is 0 Å². The lowest BCUT2D eigenvalue weighted by Gasteiger charge is -2.13. The van der Waals surface area contributed by atoms with E-state index in [1.54, 1.807) is 13.2 Å². The Labute approximate surface area is 125 Å². The molecule has 0 atom stereocenters. The maximum absolute atomic E-state index is 11.6. The molecule has 0 bridgehead atoms. The summed E-state index contributed by atoms with van der Waals surface area (Å²) in [4.78, 5) is 11.6. The van der Waals surface area contributed by atoms with Gasteiger partial charge in [-0.05, 0) is 31.0 Å². The second kappa shape index (κ2) is 10.0. The molecule has 1 aromatic carbocycles. The molecule has 0 aromatic heterocycles. The van der Waals surface area contributed by atoms with Gasteiger partial charge in [-0.3, -0.25) is 4.79 Å². The lowest BCUT2D eigenvalue weighted by Crippen LogP contribution is -2.30. The van der Waals surface area contributed by atoms with Crippen LogP contribution in [0.15, 0.2) is 18.2 Å². The van der Waals surface area contributed by atoms with Crippen molar-refractivity contribution >= 4 is 5.91 Å². The van der Waals surface area contributed by atoms with Crippen molar-refractivity contribution in [1.82, 2.24) is 5.32 Å². The van der Waals surface area contributed by atoms with E-state index < -0.39 is 0 Å². The van der Waals surface area contributed by atoms with Gasteiger partial charge in [0.2, 0.25) is 0 Å². The van der Waals surface area contributed by atoms with Crippen molar-refractivity contribution in [3.05, 3.63) is 23.8 Å². The van der Waals surface area contributed by atoms with Crippen molar-refractivity contribution in [1.29, 1.82) is 0 Å². The molecule has 21 heavy (non-hydrogen) atoms. The highest BCUT2D eigenvalue weighted by atomic mass is 16.5. The van der Waals surface area contributed by atoms with Crippen molar-refractivity contribution in [3.63, 3.8) is 0 Å². The van der Waals surface area contributed by atoms with Crippen LogP contribution in [0.4, 0.5) is 0 Å². The molecule has 6 nitrogen and oxygen atoms in total. The van der Waals surface area contributed by atoms with Gasteiger partial charge in [-0.2, -0.15) is 0 Å². The molecule has 0 aliphatic carbocycles. The molecule has 118 valence electrons. The first-order valence-corrected chi connectivity index (χ1v) is 7.05. The van der Waals surface area contributed by atoms with E-state index in [9.17, 15) is 4.79 Å². The molecule has 0 radical (unpaired) electrons. The van der Waals surface area contributed by atoms with Gasteiger partial charge in [0.15, 0.2) is 18.1 Å². The van der Waals surface area contributed by atoms with Gasteiger partial charge in [-0.15, -0.1) is 0 Å². The summed E-state index contributed by atoms with van der Waals surface area (Å²) in [7, 11) is 1.63. The van der Waals surface area contributed by atoms with Crippen LogP contribution >= 0.6 is 0 Å². The molecule has 0 aliphatic heterocycles. The topological polar surface area (TPSA) is 82.8 Å². The highest BCUT2D eigenvalue weighted by molar-refractivity contribution is 5.77. The van der Waals surface area contributed by atoms with Crippen LogP contribution in [0.1, 0.15) is 18.9 Å². The minimum absolute atomic E-state index is 0.0466. The largest absolute Gasteiger partial charge is 0.490 e. The van der Waals surface area contributed by atoms with Gasteiger partial charge in [0.05, 0.1) is 6.61 Å². The van der Waals surface area contributed by atoms with Crippen molar-refractivity contribution in [2.45, 2.75) is 19.9 Å². The number of amides is 1. The first-order chi connectivity index (χ1) is 10.2. The summed E-state index contributed by atoms with van der Waals surface area (Å²) in [6, 6.07) is 5.45. The number of benzene rings is 1. The Hall–Kier alpha value is -1.79. The zero-order valence-corrected chi connectivity index (χ0v) is 12.7. The third-order valence-electron chi connectivity index (χ3n) is 2.75. The van der Waals surface area contributed by atoms with Gasteiger partial charge in [0.25, 0.3) is 5.91 Å². The normalized spacial score (nSPS) is 10.2. The molecule has 0 fully saturated rings. The summed E-state index contributed by atoms with van der Waals surface area (Å²) < 4.78 is 15.9. The monoisotopic (exact) mass is 296 g/mol. The average Bonchev–Trinajstić information content (AvgIpc) is 2.50. The smallest absolute Gasteiger partial charge is 0.257 e. The quantitative estimate of drug-likeness (QED) is 0.631. The number of hydrogen-bond donors (Lipinski definition) is 2. The fourth-order valence-electron chi connectivity index (χ4n) is 1.71. The number of nitrogens with two attached hydrogens (primary N) is 1. The number of nitrogens with one attached hydrogen (secondary N) is 1. The number of methoxy groups -OCH3 is 1. The molecule has 1 aromatic rings. The molecule has 1 rings (SSSR count). The van der Waals surface area contributed by atoms with Crippen molar-refractivity contribution < 1.29 is 19.0 Å². The fraction of sp³-hybridized carbons (Fsp3) is 0.533. The molecular formula is C15H24N2O4. The second-order valence-electron chi connectivity index (χ2n) is 4.40. The van der Waals surface area contributed by atoms with Gasteiger partial charge in [-0.25, -0.2) is 0 Å². The van der Waals surface area contributed by atoms with E-state index in [2.05, 4.69) is 5.32 Å². The SMILES string of the molecule is CCOc1cc(CN)ccc1OCC(=O)NCCCOC. The molecule has 6 heteroatoms. The number of carbonyl (C=O) groups is 1. The third-order valence-corrected chi connectivity index (χ3v) is 2.75. The highest BCUT2D eigenvalue weighted by Gasteiger charge is 2.08. The Morgan fingerprint density at radius 1 is 1.29 bits per heavy atom. The average molecular weight is 296 g/mol. The Morgan fingerprint density at radius 2 is 2.10 bits per heavy atom. The van der Waals surface area contributed by atoms with Crippen LogP contribution in [0.3, 0.4) is 0 Å². The van der Waals surface area contributed by atoms with Crippen LogP contribution in [0.2, 0.25) is 0 Å². The Balaban J connectivity index is 2.48. The molecule has 1 amide bonds. The summed E-state index contributed by atoms with van der Waals surface area (Å²) in [5, 5.41) is 2.76. The molecule has 0 spiro atoms. The van der Waals surface area contributed by atoms with E-state index >= 15 is 0 Å². The predicted molar refractivity (Wildman–Crippen MR) is 80.5 cm³/mol. The Morgan fingerprint density at radius 3 is 2.76 bits per heavy atom. The van der Waals surface area contributed by atoms with Crippen LogP contribution < -0.4 is 20.5 Å². The van der Waals surface area contributed by atoms with Crippen molar-refractivity contribution in [2.24, 2.45) is 5.73 Å². The number of carbonyl (C=O) groups excluding carboxylic acids is 1. The van der Waals surface area contributed by atoms with E-state index in [0.717, 1.165) is 12.0 Å². The van der Waals surface area contributed by atoms with Crippen LogP contribution in [0, 0.1) is 0 Å². The maximum Gasteiger partial charge on any atom is 0.257 e. The van der Waals surface area contributed by atoms with Crippen LogP contribution in [0.5, 0.6) is 11.5 Å². The summed E-state index contributed by atoms with van der Waals surface area (Å²) in [6.07, 6.45) is 0.775. The van der Waals surface area contributed by atoms with E-state index in [0.29, 0.717) is 37.8 Å². The summed E-state index contributed by atoms with van der Waals surface area (Å²) >= 11 is 0. The van der Waals surface area contributed by atoms with Crippen LogP contribution in [0.25, 0.3) is 0 Å². The zero-order chi connectivity index (χ0) is 15.5.